The molecule has 0 radical (unpaired) electrons. The molecule has 0 bridgehead atoms. The average molecular weight is 382 g/mol. The molecule has 1 amide bonds. The third-order valence-corrected chi connectivity index (χ3v) is 4.59. The van der Waals surface area contributed by atoms with Gasteiger partial charge in [0.25, 0.3) is 0 Å². The van der Waals surface area contributed by atoms with Crippen molar-refractivity contribution in [2.75, 3.05) is 19.0 Å². The number of rotatable bonds is 10. The second-order valence-electron chi connectivity index (χ2n) is 6.93. The highest BCUT2D eigenvalue weighted by Gasteiger charge is 2.04. The van der Waals surface area contributed by atoms with Crippen LogP contribution < -0.4 is 14.8 Å². The molecule has 0 saturated carbocycles. The number of hydrogen-bond acceptors (Lipinski definition) is 3. The zero-order valence-electron chi connectivity index (χ0n) is 17.4. The van der Waals surface area contributed by atoms with E-state index < -0.39 is 0 Å². The summed E-state index contributed by atoms with van der Waals surface area (Å²) in [6, 6.07) is 11.4. The highest BCUT2D eigenvalue weighted by molar-refractivity contribution is 6.02. The van der Waals surface area contributed by atoms with Gasteiger partial charge in [-0.25, -0.2) is 0 Å². The second-order valence-corrected chi connectivity index (χ2v) is 6.93. The van der Waals surface area contributed by atoms with Crippen LogP contribution in [-0.4, -0.2) is 19.6 Å². The van der Waals surface area contributed by atoms with Gasteiger partial charge < -0.3 is 14.8 Å². The zero-order chi connectivity index (χ0) is 20.4. The number of methoxy groups -OCH3 is 1. The first-order valence-electron chi connectivity index (χ1n) is 9.90. The Morgan fingerprint density at radius 1 is 1.00 bits per heavy atom. The number of nitrogens with one attached hydrogen (secondary N) is 1. The summed E-state index contributed by atoms with van der Waals surface area (Å²) in [5.74, 6) is 1.49. The first-order chi connectivity index (χ1) is 13.5. The molecule has 0 atom stereocenters. The lowest BCUT2D eigenvalue weighted by Gasteiger charge is -2.09. The molecule has 0 aromatic heterocycles. The second kappa shape index (κ2) is 11.2. The molecule has 4 nitrogen and oxygen atoms in total. The van der Waals surface area contributed by atoms with Crippen molar-refractivity contribution in [3.63, 3.8) is 0 Å². The molecule has 0 aliphatic rings. The summed E-state index contributed by atoms with van der Waals surface area (Å²) in [5.41, 5.74) is 3.92. The Balaban J connectivity index is 1.88. The number of benzene rings is 2. The first kappa shape index (κ1) is 21.5. The van der Waals surface area contributed by atoms with Crippen LogP contribution in [0.5, 0.6) is 11.5 Å². The summed E-state index contributed by atoms with van der Waals surface area (Å²) in [5, 5.41) is 2.88. The summed E-state index contributed by atoms with van der Waals surface area (Å²) in [7, 11) is 1.65. The molecule has 0 spiro atoms. The summed E-state index contributed by atoms with van der Waals surface area (Å²) in [6.45, 7) is 6.94. The maximum absolute atomic E-state index is 12.2. The van der Waals surface area contributed by atoms with Gasteiger partial charge in [0.15, 0.2) is 0 Å². The van der Waals surface area contributed by atoms with Gasteiger partial charge in [-0.3, -0.25) is 4.79 Å². The van der Waals surface area contributed by atoms with E-state index in [9.17, 15) is 4.79 Å². The molecule has 2 aromatic carbocycles. The molecular formula is C24H31NO3. The van der Waals surface area contributed by atoms with Crippen molar-refractivity contribution in [2.45, 2.75) is 46.5 Å². The minimum Gasteiger partial charge on any atom is -0.497 e. The molecule has 0 aliphatic heterocycles. The predicted octanol–water partition coefficient (Wildman–Crippen LogP) is 5.92. The molecule has 0 heterocycles. The summed E-state index contributed by atoms with van der Waals surface area (Å²) in [4.78, 5) is 12.2. The first-order valence-corrected chi connectivity index (χ1v) is 9.90. The predicted molar refractivity (Wildman–Crippen MR) is 116 cm³/mol. The number of unbranched alkanes of at least 4 members (excludes halogenated alkanes) is 3. The van der Waals surface area contributed by atoms with E-state index in [1.807, 2.05) is 56.3 Å². The van der Waals surface area contributed by atoms with Crippen molar-refractivity contribution in [2.24, 2.45) is 0 Å². The largest absolute Gasteiger partial charge is 0.497 e. The van der Waals surface area contributed by atoms with Crippen molar-refractivity contribution < 1.29 is 14.3 Å². The highest BCUT2D eigenvalue weighted by Crippen LogP contribution is 2.23. The maximum Gasteiger partial charge on any atom is 0.248 e. The summed E-state index contributed by atoms with van der Waals surface area (Å²) in [6.07, 6.45) is 8.14. The molecule has 0 unspecified atom stereocenters. The van der Waals surface area contributed by atoms with E-state index in [4.69, 9.17) is 9.47 Å². The molecule has 4 heteroatoms. The number of carbonyl (C=O) groups excluding carboxylic acids is 1. The highest BCUT2D eigenvalue weighted by atomic mass is 16.5. The van der Waals surface area contributed by atoms with Crippen LogP contribution in [-0.2, 0) is 4.79 Å². The van der Waals surface area contributed by atoms with Crippen LogP contribution >= 0.6 is 0 Å². The Labute approximate surface area is 168 Å². The normalized spacial score (nSPS) is 10.9. The number of amides is 1. The van der Waals surface area contributed by atoms with E-state index in [-0.39, 0.29) is 5.91 Å². The van der Waals surface area contributed by atoms with E-state index >= 15 is 0 Å². The van der Waals surface area contributed by atoms with Crippen LogP contribution in [0.3, 0.4) is 0 Å². The minimum atomic E-state index is -0.164. The Morgan fingerprint density at radius 2 is 1.68 bits per heavy atom. The Kier molecular flexibility index (Phi) is 8.60. The SMILES string of the molecule is CCCCCCOc1ccc(NC(=O)/C=C/c2c(C)cc(OC)cc2C)cc1. The quantitative estimate of drug-likeness (QED) is 0.410. The van der Waals surface area contributed by atoms with E-state index in [1.54, 1.807) is 13.2 Å². The Hall–Kier alpha value is -2.75. The van der Waals surface area contributed by atoms with E-state index in [0.29, 0.717) is 0 Å². The fourth-order valence-electron chi connectivity index (χ4n) is 3.01. The molecule has 0 aliphatic carbocycles. The van der Waals surface area contributed by atoms with Crippen LogP contribution in [0.4, 0.5) is 5.69 Å². The molecule has 1 N–H and O–H groups in total. The summed E-state index contributed by atoms with van der Waals surface area (Å²) >= 11 is 0. The summed E-state index contributed by atoms with van der Waals surface area (Å²) < 4.78 is 11.0. The van der Waals surface area contributed by atoms with Crippen LogP contribution in [0.25, 0.3) is 6.08 Å². The lowest BCUT2D eigenvalue weighted by Crippen LogP contribution is -2.07. The fourth-order valence-corrected chi connectivity index (χ4v) is 3.01. The van der Waals surface area contributed by atoms with E-state index in [2.05, 4.69) is 12.2 Å². The smallest absolute Gasteiger partial charge is 0.248 e. The van der Waals surface area contributed by atoms with Crippen molar-refractivity contribution >= 4 is 17.7 Å². The fraction of sp³-hybridized carbons (Fsp3) is 0.375. The number of ether oxygens (including phenoxy) is 2. The van der Waals surface area contributed by atoms with Gasteiger partial charge in [0.2, 0.25) is 5.91 Å². The molecule has 0 fully saturated rings. The van der Waals surface area contributed by atoms with Crippen molar-refractivity contribution in [3.05, 3.63) is 59.2 Å². The lowest BCUT2D eigenvalue weighted by molar-refractivity contribution is -0.111. The Morgan fingerprint density at radius 3 is 2.29 bits per heavy atom. The van der Waals surface area contributed by atoms with Gasteiger partial charge >= 0.3 is 0 Å². The van der Waals surface area contributed by atoms with Gasteiger partial charge in [0.1, 0.15) is 11.5 Å². The Bertz CT molecular complexity index is 771. The minimum absolute atomic E-state index is 0.164. The van der Waals surface area contributed by atoms with Crippen LogP contribution in [0, 0.1) is 13.8 Å². The number of carbonyl (C=O) groups is 1. The molecule has 0 saturated heterocycles. The third kappa shape index (κ3) is 6.76. The molecule has 150 valence electrons. The van der Waals surface area contributed by atoms with Gasteiger partial charge in [-0.2, -0.15) is 0 Å². The average Bonchev–Trinajstić information content (AvgIpc) is 2.68. The van der Waals surface area contributed by atoms with Gasteiger partial charge in [-0.05, 0) is 79.4 Å². The molecule has 28 heavy (non-hydrogen) atoms. The molecule has 2 rings (SSSR count). The lowest BCUT2D eigenvalue weighted by atomic mass is 10.0. The topological polar surface area (TPSA) is 47.6 Å². The van der Waals surface area contributed by atoms with Crippen LogP contribution in [0.15, 0.2) is 42.5 Å². The van der Waals surface area contributed by atoms with Crippen LogP contribution in [0.2, 0.25) is 0 Å². The zero-order valence-corrected chi connectivity index (χ0v) is 17.4. The van der Waals surface area contributed by atoms with Gasteiger partial charge in [0.05, 0.1) is 13.7 Å². The van der Waals surface area contributed by atoms with E-state index in [0.717, 1.165) is 46.9 Å². The number of hydrogen-bond donors (Lipinski definition) is 1. The maximum atomic E-state index is 12.2. The van der Waals surface area contributed by atoms with Gasteiger partial charge in [-0.15, -0.1) is 0 Å². The number of anilines is 1. The number of aryl methyl sites for hydroxylation is 2. The standard InChI is InChI=1S/C24H31NO3/c1-5-6-7-8-15-28-21-11-9-20(10-12-21)25-24(26)14-13-23-18(2)16-22(27-4)17-19(23)3/h9-14,16-17H,5-8,15H2,1-4H3,(H,25,26)/b14-13+. The van der Waals surface area contributed by atoms with Gasteiger partial charge in [0, 0.05) is 11.8 Å². The van der Waals surface area contributed by atoms with Crippen molar-refractivity contribution in [3.8, 4) is 11.5 Å². The molecule has 2 aromatic rings. The van der Waals surface area contributed by atoms with Gasteiger partial charge in [-0.1, -0.05) is 26.2 Å². The van der Waals surface area contributed by atoms with E-state index in [1.165, 1.54) is 19.3 Å². The third-order valence-electron chi connectivity index (χ3n) is 4.59. The monoisotopic (exact) mass is 381 g/mol. The molecular weight excluding hydrogens is 350 g/mol. The van der Waals surface area contributed by atoms with Crippen LogP contribution in [0.1, 0.15) is 49.3 Å². The van der Waals surface area contributed by atoms with Crippen molar-refractivity contribution in [1.82, 2.24) is 0 Å². The van der Waals surface area contributed by atoms with Crippen molar-refractivity contribution in [1.29, 1.82) is 0 Å².